The first-order chi connectivity index (χ1) is 12.1. The fraction of sp³-hybridized carbons (Fsp3) is 0.0526. The summed E-state index contributed by atoms with van der Waals surface area (Å²) in [6.45, 7) is 2.01. The highest BCUT2D eigenvalue weighted by Crippen LogP contribution is 2.33. The van der Waals surface area contributed by atoms with Gasteiger partial charge in [0.05, 0.1) is 21.7 Å². The third-order valence-corrected chi connectivity index (χ3v) is 4.12. The van der Waals surface area contributed by atoms with E-state index in [1.807, 2.05) is 61.5 Å². The molecule has 122 valence electrons. The van der Waals surface area contributed by atoms with Crippen LogP contribution in [-0.2, 0) is 0 Å². The van der Waals surface area contributed by atoms with Crippen LogP contribution in [0.1, 0.15) is 5.56 Å². The second kappa shape index (κ2) is 5.83. The third kappa shape index (κ3) is 2.63. The normalized spacial score (nSPS) is 10.9. The number of nitrogens with zero attached hydrogens (tertiary/aromatic N) is 4. The highest BCUT2D eigenvalue weighted by atomic mass is 16.6. The van der Waals surface area contributed by atoms with Crippen LogP contribution in [0.3, 0.4) is 0 Å². The van der Waals surface area contributed by atoms with Crippen molar-refractivity contribution in [3.05, 3.63) is 82.4 Å². The topological polar surface area (TPSA) is 73.8 Å². The molecule has 0 aliphatic carbocycles. The van der Waals surface area contributed by atoms with Gasteiger partial charge in [-0.1, -0.05) is 53.2 Å². The first-order valence-corrected chi connectivity index (χ1v) is 7.80. The van der Waals surface area contributed by atoms with Gasteiger partial charge >= 0.3 is 0 Å². The number of rotatable bonds is 3. The van der Waals surface area contributed by atoms with Gasteiger partial charge in [-0.2, -0.15) is 0 Å². The molecular formula is C19H14N4O2. The molecule has 0 amide bonds. The summed E-state index contributed by atoms with van der Waals surface area (Å²) < 4.78 is 1.70. The Morgan fingerprint density at radius 3 is 2.40 bits per heavy atom. The molecule has 25 heavy (non-hydrogen) atoms. The van der Waals surface area contributed by atoms with Crippen LogP contribution < -0.4 is 0 Å². The van der Waals surface area contributed by atoms with E-state index in [-0.39, 0.29) is 10.6 Å². The second-order valence-corrected chi connectivity index (χ2v) is 5.82. The van der Waals surface area contributed by atoms with Crippen LogP contribution in [0, 0.1) is 17.0 Å². The average Bonchev–Trinajstić information content (AvgIpc) is 3.05. The predicted molar refractivity (Wildman–Crippen MR) is 95.7 cm³/mol. The van der Waals surface area contributed by atoms with Crippen molar-refractivity contribution < 1.29 is 4.92 Å². The minimum atomic E-state index is -0.382. The molecule has 0 bridgehead atoms. The molecule has 4 rings (SSSR count). The Balaban J connectivity index is 1.98. The Labute approximate surface area is 143 Å². The van der Waals surface area contributed by atoms with E-state index >= 15 is 0 Å². The van der Waals surface area contributed by atoms with Crippen molar-refractivity contribution >= 4 is 16.7 Å². The van der Waals surface area contributed by atoms with Crippen LogP contribution >= 0.6 is 0 Å². The van der Waals surface area contributed by atoms with E-state index in [2.05, 4.69) is 10.3 Å². The molecule has 6 heteroatoms. The molecule has 4 aromatic rings. The number of aromatic nitrogens is 3. The molecule has 0 N–H and O–H groups in total. The van der Waals surface area contributed by atoms with Crippen LogP contribution in [0.5, 0.6) is 0 Å². The summed E-state index contributed by atoms with van der Waals surface area (Å²) in [5.74, 6) is 0. The molecule has 0 aliphatic rings. The van der Waals surface area contributed by atoms with Gasteiger partial charge in [-0.15, -0.1) is 5.10 Å². The van der Waals surface area contributed by atoms with E-state index < -0.39 is 0 Å². The molecule has 0 fully saturated rings. The Kier molecular flexibility index (Phi) is 3.50. The molecule has 6 nitrogen and oxygen atoms in total. The van der Waals surface area contributed by atoms with E-state index in [4.69, 9.17) is 0 Å². The van der Waals surface area contributed by atoms with E-state index in [1.54, 1.807) is 10.7 Å². The fourth-order valence-electron chi connectivity index (χ4n) is 2.83. The van der Waals surface area contributed by atoms with Gasteiger partial charge in [0.2, 0.25) is 0 Å². The quantitative estimate of drug-likeness (QED) is 0.414. The summed E-state index contributed by atoms with van der Waals surface area (Å²) in [5, 5.41) is 19.8. The van der Waals surface area contributed by atoms with E-state index in [9.17, 15) is 10.1 Å². The van der Waals surface area contributed by atoms with Gasteiger partial charge in [0.25, 0.3) is 5.69 Å². The Hall–Kier alpha value is -3.54. The van der Waals surface area contributed by atoms with Gasteiger partial charge in [0, 0.05) is 6.07 Å². The van der Waals surface area contributed by atoms with Crippen molar-refractivity contribution in [3.8, 4) is 16.8 Å². The maximum atomic E-state index is 11.5. The molecule has 1 heterocycles. The van der Waals surface area contributed by atoms with Crippen LogP contribution in [0.2, 0.25) is 0 Å². The second-order valence-electron chi connectivity index (χ2n) is 5.82. The van der Waals surface area contributed by atoms with Gasteiger partial charge in [0.1, 0.15) is 5.52 Å². The van der Waals surface area contributed by atoms with Crippen LogP contribution in [-0.4, -0.2) is 19.9 Å². The smallest absolute Gasteiger partial charge is 0.258 e. The maximum Gasteiger partial charge on any atom is 0.279 e. The number of benzene rings is 3. The van der Waals surface area contributed by atoms with E-state index in [0.29, 0.717) is 11.1 Å². The number of nitro benzene ring substituents is 1. The van der Waals surface area contributed by atoms with Gasteiger partial charge in [0.15, 0.2) is 0 Å². The van der Waals surface area contributed by atoms with Crippen molar-refractivity contribution in [2.75, 3.05) is 0 Å². The van der Waals surface area contributed by atoms with Crippen molar-refractivity contribution in [1.82, 2.24) is 15.0 Å². The number of hydrogen-bond donors (Lipinski definition) is 0. The third-order valence-electron chi connectivity index (χ3n) is 4.12. The molecular weight excluding hydrogens is 316 g/mol. The standard InChI is InChI=1S/C19H14N4O2/c1-13-7-9-15(10-8-13)22-19-11-16(14-5-3-2-4-6-14)18(23(24)25)12-17(19)20-21-22/h2-12H,1H3. The summed E-state index contributed by atoms with van der Waals surface area (Å²) in [6, 6.07) is 20.5. The molecule has 1 aromatic heterocycles. The summed E-state index contributed by atoms with van der Waals surface area (Å²) in [7, 11) is 0. The summed E-state index contributed by atoms with van der Waals surface area (Å²) in [5.41, 5.74) is 4.59. The van der Waals surface area contributed by atoms with Crippen molar-refractivity contribution in [2.45, 2.75) is 6.92 Å². The highest BCUT2D eigenvalue weighted by molar-refractivity contribution is 5.88. The molecule has 0 saturated carbocycles. The van der Waals surface area contributed by atoms with E-state index in [1.165, 1.54) is 6.07 Å². The first-order valence-electron chi connectivity index (χ1n) is 7.80. The van der Waals surface area contributed by atoms with Crippen LogP contribution in [0.15, 0.2) is 66.7 Å². The molecule has 0 aliphatic heterocycles. The zero-order valence-electron chi connectivity index (χ0n) is 13.5. The lowest BCUT2D eigenvalue weighted by Crippen LogP contribution is -1.97. The molecule has 0 spiro atoms. The van der Waals surface area contributed by atoms with Gasteiger partial charge in [-0.3, -0.25) is 10.1 Å². The number of nitro groups is 1. The molecule has 0 saturated heterocycles. The van der Waals surface area contributed by atoms with Gasteiger partial charge in [-0.05, 0) is 30.7 Å². The van der Waals surface area contributed by atoms with Crippen LogP contribution in [0.25, 0.3) is 27.8 Å². The zero-order valence-corrected chi connectivity index (χ0v) is 13.5. The Bertz CT molecular complexity index is 1070. The molecule has 0 radical (unpaired) electrons. The SMILES string of the molecule is Cc1ccc(-n2nnc3cc([N+](=O)[O-])c(-c4ccccc4)cc32)cc1. The molecule has 0 unspecified atom stereocenters. The molecule has 3 aromatic carbocycles. The summed E-state index contributed by atoms with van der Waals surface area (Å²) in [4.78, 5) is 11.1. The largest absolute Gasteiger partial charge is 0.279 e. The monoisotopic (exact) mass is 330 g/mol. The Morgan fingerprint density at radius 1 is 1.00 bits per heavy atom. The number of aryl methyl sites for hydroxylation is 1. The highest BCUT2D eigenvalue weighted by Gasteiger charge is 2.20. The summed E-state index contributed by atoms with van der Waals surface area (Å²) in [6.07, 6.45) is 0. The Morgan fingerprint density at radius 2 is 1.72 bits per heavy atom. The van der Waals surface area contributed by atoms with Gasteiger partial charge in [-0.25, -0.2) is 4.68 Å². The number of fused-ring (bicyclic) bond motifs is 1. The lowest BCUT2D eigenvalue weighted by Gasteiger charge is -2.06. The fourth-order valence-corrected chi connectivity index (χ4v) is 2.83. The van der Waals surface area contributed by atoms with Crippen molar-refractivity contribution in [1.29, 1.82) is 0 Å². The van der Waals surface area contributed by atoms with Crippen molar-refractivity contribution in [2.24, 2.45) is 0 Å². The number of hydrogen-bond acceptors (Lipinski definition) is 4. The molecule has 0 atom stereocenters. The predicted octanol–water partition coefficient (Wildman–Crippen LogP) is 4.30. The lowest BCUT2D eigenvalue weighted by atomic mass is 10.0. The minimum Gasteiger partial charge on any atom is -0.258 e. The summed E-state index contributed by atoms with van der Waals surface area (Å²) >= 11 is 0. The zero-order chi connectivity index (χ0) is 17.4. The van der Waals surface area contributed by atoms with Crippen molar-refractivity contribution in [3.63, 3.8) is 0 Å². The first kappa shape index (κ1) is 15.0. The minimum absolute atomic E-state index is 0.0228. The average molecular weight is 330 g/mol. The van der Waals surface area contributed by atoms with Gasteiger partial charge < -0.3 is 0 Å². The maximum absolute atomic E-state index is 11.5. The van der Waals surface area contributed by atoms with E-state index in [0.717, 1.165) is 22.3 Å². The lowest BCUT2D eigenvalue weighted by molar-refractivity contribution is -0.384. The van der Waals surface area contributed by atoms with Crippen LogP contribution in [0.4, 0.5) is 5.69 Å².